The van der Waals surface area contributed by atoms with Gasteiger partial charge in [0.25, 0.3) is 0 Å². The molecule has 0 spiro atoms. The van der Waals surface area contributed by atoms with Crippen molar-refractivity contribution in [2.24, 2.45) is 5.92 Å². The van der Waals surface area contributed by atoms with Gasteiger partial charge in [0.2, 0.25) is 0 Å². The second kappa shape index (κ2) is 5.72. The van der Waals surface area contributed by atoms with Gasteiger partial charge in [-0.25, -0.2) is 8.78 Å². The van der Waals surface area contributed by atoms with Gasteiger partial charge in [0.15, 0.2) is 5.01 Å². The predicted molar refractivity (Wildman–Crippen MR) is 56.4 cm³/mol. The van der Waals surface area contributed by atoms with Crippen LogP contribution in [0.3, 0.4) is 0 Å². The van der Waals surface area contributed by atoms with Gasteiger partial charge in [0, 0.05) is 6.54 Å². The van der Waals surface area contributed by atoms with Crippen molar-refractivity contribution in [2.75, 3.05) is 6.54 Å². The molecule has 0 radical (unpaired) electrons. The van der Waals surface area contributed by atoms with Crippen LogP contribution in [-0.4, -0.2) is 23.2 Å². The van der Waals surface area contributed by atoms with E-state index in [1.54, 1.807) is 0 Å². The van der Waals surface area contributed by atoms with Gasteiger partial charge < -0.3 is 5.32 Å². The minimum absolute atomic E-state index is 0.259. The summed E-state index contributed by atoms with van der Waals surface area (Å²) in [6.07, 6.45) is -3.76. The zero-order valence-electron chi connectivity index (χ0n) is 9.38. The number of nitrogens with zero attached hydrogens (tertiary/aromatic N) is 2. The molecule has 1 aromatic rings. The normalized spacial score (nSPS) is 12.7. The molecule has 1 N–H and O–H groups in total. The zero-order chi connectivity index (χ0) is 13.1. The van der Waals surface area contributed by atoms with Crippen LogP contribution in [0.1, 0.15) is 23.9 Å². The van der Waals surface area contributed by atoms with Crippen LogP contribution in [0.5, 0.6) is 0 Å². The van der Waals surface area contributed by atoms with Crippen LogP contribution in [-0.2, 0) is 12.5 Å². The molecule has 0 aliphatic carbocycles. The molecular weight excluding hydrogens is 258 g/mol. The maximum Gasteiger partial charge on any atom is 0.359 e. The summed E-state index contributed by atoms with van der Waals surface area (Å²) in [6.45, 7) is 4.93. The molecule has 3 nitrogen and oxygen atoms in total. The monoisotopic (exact) mass is 271 g/mol. The van der Waals surface area contributed by atoms with E-state index in [0.29, 0.717) is 23.8 Å². The summed E-state index contributed by atoms with van der Waals surface area (Å²) in [6, 6.07) is 0. The van der Waals surface area contributed by atoms with E-state index >= 15 is 0 Å². The Bertz CT molecular complexity index is 354. The van der Waals surface area contributed by atoms with Crippen LogP contribution in [0.4, 0.5) is 17.6 Å². The summed E-state index contributed by atoms with van der Waals surface area (Å²) in [5, 5.41) is 8.87. The second-order valence-corrected chi connectivity index (χ2v) is 5.01. The highest BCUT2D eigenvalue weighted by Gasteiger charge is 2.46. The molecule has 1 rings (SSSR count). The molecule has 98 valence electrons. The molecule has 17 heavy (non-hydrogen) atoms. The Morgan fingerprint density at radius 3 is 2.47 bits per heavy atom. The van der Waals surface area contributed by atoms with E-state index in [4.69, 9.17) is 0 Å². The number of nitrogens with one attached hydrogen (secondary N) is 1. The predicted octanol–water partition coefficient (Wildman–Crippen LogP) is 2.64. The highest BCUT2D eigenvalue weighted by molar-refractivity contribution is 7.11. The van der Waals surface area contributed by atoms with Gasteiger partial charge in [-0.3, -0.25) is 0 Å². The van der Waals surface area contributed by atoms with Crippen LogP contribution in [0.2, 0.25) is 0 Å². The van der Waals surface area contributed by atoms with Crippen molar-refractivity contribution in [2.45, 2.75) is 32.7 Å². The molecule has 0 bridgehead atoms. The summed E-state index contributed by atoms with van der Waals surface area (Å²) < 4.78 is 49.8. The minimum Gasteiger partial charge on any atom is -0.310 e. The lowest BCUT2D eigenvalue weighted by atomic mass is 10.2. The molecule has 0 saturated carbocycles. The number of hydrogen-bond donors (Lipinski definition) is 1. The summed E-state index contributed by atoms with van der Waals surface area (Å²) in [7, 11) is 0. The lowest BCUT2D eigenvalue weighted by Gasteiger charge is -2.10. The average molecular weight is 271 g/mol. The van der Waals surface area contributed by atoms with Gasteiger partial charge in [-0.1, -0.05) is 25.2 Å². The van der Waals surface area contributed by atoms with E-state index in [0.717, 1.165) is 0 Å². The van der Waals surface area contributed by atoms with Crippen molar-refractivity contribution in [3.05, 3.63) is 10.0 Å². The SMILES string of the molecule is CC(C)CNCc1nnc(C(F)(F)C(F)F)s1. The fourth-order valence-corrected chi connectivity index (χ4v) is 1.81. The molecule has 0 atom stereocenters. The molecule has 0 amide bonds. The van der Waals surface area contributed by atoms with Gasteiger partial charge in [-0.15, -0.1) is 10.2 Å². The van der Waals surface area contributed by atoms with E-state index in [-0.39, 0.29) is 11.6 Å². The van der Waals surface area contributed by atoms with Crippen molar-refractivity contribution in [1.29, 1.82) is 0 Å². The van der Waals surface area contributed by atoms with Gasteiger partial charge in [-0.2, -0.15) is 8.78 Å². The van der Waals surface area contributed by atoms with Crippen molar-refractivity contribution >= 4 is 11.3 Å². The molecule has 0 aromatic carbocycles. The fraction of sp³-hybridized carbons (Fsp3) is 0.778. The van der Waals surface area contributed by atoms with E-state index in [9.17, 15) is 17.6 Å². The lowest BCUT2D eigenvalue weighted by Crippen LogP contribution is -2.23. The summed E-state index contributed by atoms with van der Waals surface area (Å²) in [4.78, 5) is 0. The van der Waals surface area contributed by atoms with Crippen molar-refractivity contribution in [1.82, 2.24) is 15.5 Å². The molecule has 0 unspecified atom stereocenters. The summed E-state index contributed by atoms with van der Waals surface area (Å²) in [5.41, 5.74) is 0. The fourth-order valence-electron chi connectivity index (χ4n) is 1.02. The van der Waals surface area contributed by atoms with E-state index < -0.39 is 17.4 Å². The van der Waals surface area contributed by atoms with Gasteiger partial charge in [0.05, 0.1) is 0 Å². The largest absolute Gasteiger partial charge is 0.359 e. The van der Waals surface area contributed by atoms with Crippen molar-refractivity contribution in [3.8, 4) is 0 Å². The average Bonchev–Trinajstić information content (AvgIpc) is 2.66. The third-order valence-corrected chi connectivity index (χ3v) is 2.86. The minimum atomic E-state index is -4.21. The summed E-state index contributed by atoms with van der Waals surface area (Å²) >= 11 is 0.505. The first-order valence-electron chi connectivity index (χ1n) is 5.03. The van der Waals surface area contributed by atoms with Crippen molar-refractivity contribution < 1.29 is 17.6 Å². The Kier molecular flexibility index (Phi) is 4.81. The van der Waals surface area contributed by atoms with Crippen LogP contribution >= 0.6 is 11.3 Å². The number of aromatic nitrogens is 2. The molecule has 1 heterocycles. The van der Waals surface area contributed by atoms with E-state index in [1.807, 2.05) is 13.8 Å². The Morgan fingerprint density at radius 1 is 1.29 bits per heavy atom. The third-order valence-electron chi connectivity index (χ3n) is 1.85. The Morgan fingerprint density at radius 2 is 1.94 bits per heavy atom. The van der Waals surface area contributed by atoms with Gasteiger partial charge in [0.1, 0.15) is 5.01 Å². The molecule has 0 aliphatic rings. The second-order valence-electron chi connectivity index (χ2n) is 3.95. The van der Waals surface area contributed by atoms with E-state index in [1.165, 1.54) is 0 Å². The van der Waals surface area contributed by atoms with Gasteiger partial charge >= 0.3 is 12.3 Å². The number of alkyl halides is 4. The first-order valence-corrected chi connectivity index (χ1v) is 5.85. The third kappa shape index (κ3) is 3.88. The Balaban J connectivity index is 2.59. The lowest BCUT2D eigenvalue weighted by molar-refractivity contribution is -0.135. The molecule has 0 saturated heterocycles. The van der Waals surface area contributed by atoms with Crippen LogP contribution in [0.15, 0.2) is 0 Å². The van der Waals surface area contributed by atoms with Crippen LogP contribution in [0, 0.1) is 5.92 Å². The van der Waals surface area contributed by atoms with E-state index in [2.05, 4.69) is 15.5 Å². The highest BCUT2D eigenvalue weighted by atomic mass is 32.1. The Hall–Kier alpha value is -0.760. The maximum absolute atomic E-state index is 12.9. The molecule has 1 aromatic heterocycles. The quantitative estimate of drug-likeness (QED) is 0.808. The standard InChI is InChI=1S/C9H13F4N3S/c1-5(2)3-14-4-6-15-16-8(17-6)9(12,13)7(10)11/h5,7,14H,3-4H2,1-2H3. The van der Waals surface area contributed by atoms with Crippen molar-refractivity contribution in [3.63, 3.8) is 0 Å². The highest BCUT2D eigenvalue weighted by Crippen LogP contribution is 2.35. The van der Waals surface area contributed by atoms with Gasteiger partial charge in [-0.05, 0) is 12.5 Å². The summed E-state index contributed by atoms with van der Waals surface area (Å²) in [5.74, 6) is -3.81. The zero-order valence-corrected chi connectivity index (χ0v) is 10.2. The molecule has 0 aliphatic heterocycles. The maximum atomic E-state index is 12.9. The molecule has 8 heteroatoms. The van der Waals surface area contributed by atoms with Crippen LogP contribution < -0.4 is 5.32 Å². The number of halogens is 4. The number of rotatable bonds is 6. The smallest absolute Gasteiger partial charge is 0.310 e. The number of hydrogen-bond acceptors (Lipinski definition) is 4. The van der Waals surface area contributed by atoms with Crippen LogP contribution in [0.25, 0.3) is 0 Å². The molecular formula is C9H13F4N3S. The first-order chi connectivity index (χ1) is 7.84. The first kappa shape index (κ1) is 14.3. The topological polar surface area (TPSA) is 37.8 Å². The molecule has 0 fully saturated rings. The Labute approximate surface area is 100 Å².